The van der Waals surface area contributed by atoms with Crippen LogP contribution in [0.2, 0.25) is 0 Å². The summed E-state index contributed by atoms with van der Waals surface area (Å²) in [5.74, 6) is -2.17. The molecule has 17 heavy (non-hydrogen) atoms. The summed E-state index contributed by atoms with van der Waals surface area (Å²) in [5, 5.41) is -1.98. The second-order valence-corrected chi connectivity index (χ2v) is 4.95. The highest BCUT2D eigenvalue weighted by Gasteiger charge is 2.35. The predicted molar refractivity (Wildman–Crippen MR) is 57.7 cm³/mol. The van der Waals surface area contributed by atoms with Crippen molar-refractivity contribution in [1.29, 1.82) is 0 Å². The summed E-state index contributed by atoms with van der Waals surface area (Å²) in [5.41, 5.74) is 0.491. The third kappa shape index (κ3) is 6.03. The summed E-state index contributed by atoms with van der Waals surface area (Å²) >= 11 is 0. The fourth-order valence-electron chi connectivity index (χ4n) is 0.832. The molecule has 0 radical (unpaired) electrons. The maximum atomic E-state index is 11.3. The summed E-state index contributed by atoms with van der Waals surface area (Å²) in [7, 11) is -3.69. The number of carbonyl (C=O) groups excluding carboxylic acids is 2. The van der Waals surface area contributed by atoms with Gasteiger partial charge in [-0.25, -0.2) is 0 Å². The lowest BCUT2D eigenvalue weighted by Gasteiger charge is -2.12. The van der Waals surface area contributed by atoms with E-state index < -0.39 is 33.7 Å². The van der Waals surface area contributed by atoms with Crippen LogP contribution in [0.25, 0.3) is 0 Å². The first-order chi connectivity index (χ1) is 7.68. The lowest BCUT2D eigenvalue weighted by Crippen LogP contribution is -2.34. The molecule has 1 N–H and O–H groups in total. The van der Waals surface area contributed by atoms with E-state index in [-0.39, 0.29) is 6.61 Å². The Kier molecular flexibility index (Phi) is 5.83. The van der Waals surface area contributed by atoms with Crippen molar-refractivity contribution in [2.75, 3.05) is 13.7 Å². The first-order valence-electron chi connectivity index (χ1n) is 4.52. The number of hydrogen-bond acceptors (Lipinski definition) is 6. The van der Waals surface area contributed by atoms with Gasteiger partial charge in [0.2, 0.25) is 0 Å². The molecule has 0 saturated heterocycles. The van der Waals surface area contributed by atoms with Gasteiger partial charge in [0.1, 0.15) is 6.61 Å². The second-order valence-electron chi connectivity index (χ2n) is 3.35. The molecule has 0 aromatic rings. The maximum absolute atomic E-state index is 11.3. The number of ether oxygens (including phenoxy) is 2. The molecule has 0 spiro atoms. The summed E-state index contributed by atoms with van der Waals surface area (Å²) in [6.45, 7) is 4.82. The van der Waals surface area contributed by atoms with Gasteiger partial charge in [0, 0.05) is 0 Å². The topological polar surface area (TPSA) is 107 Å². The van der Waals surface area contributed by atoms with E-state index in [1.807, 2.05) is 0 Å². The van der Waals surface area contributed by atoms with E-state index in [0.717, 1.165) is 7.11 Å². The second kappa shape index (κ2) is 6.36. The average molecular weight is 266 g/mol. The number of methoxy groups -OCH3 is 1. The molecule has 0 aliphatic heterocycles. The van der Waals surface area contributed by atoms with Crippen LogP contribution in [0.1, 0.15) is 13.3 Å². The predicted octanol–water partition coefficient (Wildman–Crippen LogP) is -0.0748. The molecule has 0 heterocycles. The van der Waals surface area contributed by atoms with Gasteiger partial charge in [-0.1, -0.05) is 6.58 Å². The van der Waals surface area contributed by atoms with Gasteiger partial charge in [0.15, 0.2) is 5.25 Å². The molecule has 98 valence electrons. The van der Waals surface area contributed by atoms with Crippen LogP contribution in [-0.4, -0.2) is 43.9 Å². The van der Waals surface area contributed by atoms with Gasteiger partial charge in [-0.05, 0) is 12.5 Å². The zero-order valence-electron chi connectivity index (χ0n) is 9.50. The van der Waals surface area contributed by atoms with Gasteiger partial charge in [-0.15, -0.1) is 0 Å². The van der Waals surface area contributed by atoms with Crippen molar-refractivity contribution in [3.8, 4) is 0 Å². The van der Waals surface area contributed by atoms with Crippen LogP contribution in [0.15, 0.2) is 12.2 Å². The van der Waals surface area contributed by atoms with E-state index in [4.69, 9.17) is 4.55 Å². The van der Waals surface area contributed by atoms with Crippen molar-refractivity contribution in [3.63, 3.8) is 0 Å². The highest BCUT2D eigenvalue weighted by molar-refractivity contribution is 7.87. The summed E-state index contributed by atoms with van der Waals surface area (Å²) in [6, 6.07) is 0. The van der Waals surface area contributed by atoms with Crippen LogP contribution in [0.3, 0.4) is 0 Å². The van der Waals surface area contributed by atoms with E-state index in [2.05, 4.69) is 16.1 Å². The summed E-state index contributed by atoms with van der Waals surface area (Å²) in [6.07, 6.45) is -0.801. The lowest BCUT2D eigenvalue weighted by atomic mass is 10.3. The van der Waals surface area contributed by atoms with Gasteiger partial charge < -0.3 is 9.47 Å². The summed E-state index contributed by atoms with van der Waals surface area (Å²) < 4.78 is 39.3. The Balaban J connectivity index is 4.76. The fraction of sp³-hybridized carbons (Fsp3) is 0.556. The Bertz CT molecular complexity index is 409. The molecule has 0 rings (SSSR count). The lowest BCUT2D eigenvalue weighted by molar-refractivity contribution is -0.148. The number of hydrogen-bond donors (Lipinski definition) is 1. The number of esters is 2. The molecule has 0 bridgehead atoms. The molecule has 0 fully saturated rings. The highest BCUT2D eigenvalue weighted by atomic mass is 32.2. The van der Waals surface area contributed by atoms with Crippen molar-refractivity contribution in [1.82, 2.24) is 0 Å². The van der Waals surface area contributed by atoms with Crippen molar-refractivity contribution in [3.05, 3.63) is 12.2 Å². The molecule has 0 aliphatic carbocycles. The normalized spacial score (nSPS) is 12.6. The van der Waals surface area contributed by atoms with Gasteiger partial charge >= 0.3 is 11.9 Å². The van der Waals surface area contributed by atoms with Crippen molar-refractivity contribution >= 4 is 22.1 Å². The summed E-state index contributed by atoms with van der Waals surface area (Å²) in [4.78, 5) is 22.2. The molecule has 0 amide bonds. The van der Waals surface area contributed by atoms with E-state index in [1.54, 1.807) is 6.92 Å². The quantitative estimate of drug-likeness (QED) is 0.407. The van der Waals surface area contributed by atoms with Crippen LogP contribution < -0.4 is 0 Å². The van der Waals surface area contributed by atoms with Crippen LogP contribution in [0, 0.1) is 0 Å². The fourth-order valence-corrected chi connectivity index (χ4v) is 1.49. The van der Waals surface area contributed by atoms with Crippen LogP contribution in [0.4, 0.5) is 0 Å². The molecular weight excluding hydrogens is 252 g/mol. The maximum Gasteiger partial charge on any atom is 0.327 e. The Morgan fingerprint density at radius 3 is 2.29 bits per heavy atom. The zero-order chi connectivity index (χ0) is 13.6. The Labute approximate surface area is 99.1 Å². The van der Waals surface area contributed by atoms with E-state index >= 15 is 0 Å². The minimum absolute atomic E-state index is 0.188. The minimum Gasteiger partial charge on any atom is -0.469 e. The van der Waals surface area contributed by atoms with E-state index in [9.17, 15) is 18.0 Å². The largest absolute Gasteiger partial charge is 0.469 e. The van der Waals surface area contributed by atoms with Crippen LogP contribution >= 0.6 is 0 Å². The Morgan fingerprint density at radius 2 is 1.94 bits per heavy atom. The van der Waals surface area contributed by atoms with Gasteiger partial charge in [0.05, 0.1) is 13.5 Å². The van der Waals surface area contributed by atoms with Gasteiger partial charge in [0.25, 0.3) is 10.1 Å². The third-order valence-corrected chi connectivity index (χ3v) is 2.74. The van der Waals surface area contributed by atoms with Gasteiger partial charge in [-0.2, -0.15) is 8.42 Å². The van der Waals surface area contributed by atoms with Crippen LogP contribution in [-0.2, 0) is 29.2 Å². The molecule has 0 saturated carbocycles. The van der Waals surface area contributed by atoms with E-state index in [1.165, 1.54) is 0 Å². The van der Waals surface area contributed by atoms with Gasteiger partial charge in [-0.3, -0.25) is 14.1 Å². The highest BCUT2D eigenvalue weighted by Crippen LogP contribution is 2.09. The molecule has 0 aliphatic rings. The van der Waals surface area contributed by atoms with Crippen molar-refractivity contribution in [2.24, 2.45) is 0 Å². The molecule has 7 nitrogen and oxygen atoms in total. The molecule has 0 aromatic heterocycles. The number of rotatable bonds is 6. The third-order valence-electron chi connectivity index (χ3n) is 1.66. The van der Waals surface area contributed by atoms with Crippen LogP contribution in [0.5, 0.6) is 0 Å². The Morgan fingerprint density at radius 1 is 1.41 bits per heavy atom. The molecule has 8 heteroatoms. The van der Waals surface area contributed by atoms with Crippen molar-refractivity contribution < 1.29 is 32.0 Å². The van der Waals surface area contributed by atoms with E-state index in [0.29, 0.717) is 5.57 Å². The molecule has 1 atom stereocenters. The Hall–Kier alpha value is -1.41. The number of carbonyl (C=O) groups is 2. The molecule has 1 unspecified atom stereocenters. The average Bonchev–Trinajstić information content (AvgIpc) is 2.20. The first-order valence-corrected chi connectivity index (χ1v) is 6.03. The minimum atomic E-state index is -4.72. The first kappa shape index (κ1) is 15.6. The standard InChI is InChI=1S/C9H14O7S/c1-6(2)5-16-9(11)7(17(12,13)14)4-8(10)15-3/h7H,1,4-5H2,2-3H3,(H,12,13,14). The molecule has 0 aromatic carbocycles. The van der Waals surface area contributed by atoms with Crippen molar-refractivity contribution in [2.45, 2.75) is 18.6 Å². The smallest absolute Gasteiger partial charge is 0.327 e. The monoisotopic (exact) mass is 266 g/mol. The molecular formula is C9H14O7S. The SMILES string of the molecule is C=C(C)COC(=O)C(CC(=O)OC)S(=O)(=O)O. The zero-order valence-corrected chi connectivity index (χ0v) is 10.3.